The smallest absolute Gasteiger partial charge is 0.362 e. The van der Waals surface area contributed by atoms with Gasteiger partial charge in [-0.25, -0.2) is 18.8 Å². The van der Waals surface area contributed by atoms with Gasteiger partial charge in [-0.15, -0.1) is 16.4 Å². The summed E-state index contributed by atoms with van der Waals surface area (Å²) in [5.41, 5.74) is 2.64. The number of hydrogen-bond donors (Lipinski definition) is 6. The molecular formula is C20H21N9O10S2. The van der Waals surface area contributed by atoms with Gasteiger partial charge in [-0.3, -0.25) is 18.9 Å². The minimum atomic E-state index is -5.07. The van der Waals surface area contributed by atoms with Crippen LogP contribution < -0.4 is 16.5 Å². The molecule has 0 radical (unpaired) electrons. The Morgan fingerprint density at radius 3 is 2.63 bits per heavy atom. The van der Waals surface area contributed by atoms with Crippen molar-refractivity contribution < 1.29 is 42.4 Å². The fourth-order valence-electron chi connectivity index (χ4n) is 3.46. The molecule has 3 aromatic heterocycles. The number of pyridine rings is 1. The summed E-state index contributed by atoms with van der Waals surface area (Å²) in [6.07, 6.45) is 2.31. The lowest BCUT2D eigenvalue weighted by Gasteiger charge is -2.43. The molecule has 1 aliphatic rings. The number of aliphatic carboxylic acids is 1. The van der Waals surface area contributed by atoms with Crippen molar-refractivity contribution in [1.82, 2.24) is 34.6 Å². The number of H-pyrrole nitrogens is 1. The van der Waals surface area contributed by atoms with Crippen molar-refractivity contribution in [1.29, 1.82) is 0 Å². The lowest BCUT2D eigenvalue weighted by molar-refractivity contribution is -0.161. The lowest BCUT2D eigenvalue weighted by atomic mass is 9.98. The molecule has 19 nitrogen and oxygen atoms in total. The number of β-lactam (4-membered cyclic amide) rings is 1. The number of carbonyl (C=O) groups excluding carboxylic acids is 2. The molecular weight excluding hydrogens is 590 g/mol. The highest BCUT2D eigenvalue weighted by atomic mass is 32.2. The van der Waals surface area contributed by atoms with Crippen LogP contribution in [-0.4, -0.2) is 93.6 Å². The maximum atomic E-state index is 13.2. The average molecular weight is 612 g/mol. The van der Waals surface area contributed by atoms with Gasteiger partial charge in [0.1, 0.15) is 17.4 Å². The molecule has 0 unspecified atom stereocenters. The zero-order valence-electron chi connectivity index (χ0n) is 20.9. The van der Waals surface area contributed by atoms with E-state index < -0.39 is 69.2 Å². The highest BCUT2D eigenvalue weighted by Crippen LogP contribution is 2.26. The summed E-state index contributed by atoms with van der Waals surface area (Å²) in [5, 5.41) is 33.6. The number of hydrogen-bond acceptors (Lipinski definition) is 14. The first-order chi connectivity index (χ1) is 19.1. The molecule has 0 saturated carbocycles. The van der Waals surface area contributed by atoms with Crippen molar-refractivity contribution in [2.75, 3.05) is 5.73 Å². The number of carbonyl (C=O) groups is 3. The van der Waals surface area contributed by atoms with Gasteiger partial charge in [0.2, 0.25) is 11.0 Å². The van der Waals surface area contributed by atoms with Crippen molar-refractivity contribution in [3.8, 4) is 17.1 Å². The van der Waals surface area contributed by atoms with E-state index in [1.807, 2.05) is 0 Å². The van der Waals surface area contributed by atoms with Crippen LogP contribution in [0.25, 0.3) is 11.4 Å². The molecule has 4 heterocycles. The molecule has 0 aliphatic carbocycles. The number of carboxylic acids is 1. The summed E-state index contributed by atoms with van der Waals surface area (Å²) in [4.78, 5) is 60.5. The number of amides is 2. The van der Waals surface area contributed by atoms with Gasteiger partial charge in [0.05, 0.1) is 24.5 Å². The second-order valence-electron chi connectivity index (χ2n) is 8.97. The number of aromatic hydroxyl groups is 1. The SMILES string of the molecule is CC(C)(ON=C(C(=O)N[C@@H]1C(=O)N(S(=O)(=O)O)[C@@H]1Cn1cc(-c2cc(=O)c(O)c[nH]2)nn1)c1csc(N)n1)C(=O)O. The fourth-order valence-corrected chi connectivity index (χ4v) is 4.88. The lowest BCUT2D eigenvalue weighted by Crippen LogP contribution is -2.73. The Morgan fingerprint density at radius 1 is 1.34 bits per heavy atom. The molecule has 0 aromatic carbocycles. The molecule has 0 spiro atoms. The van der Waals surface area contributed by atoms with E-state index in [0.29, 0.717) is 0 Å². The Morgan fingerprint density at radius 2 is 2.05 bits per heavy atom. The Hall–Kier alpha value is -4.89. The van der Waals surface area contributed by atoms with Crippen LogP contribution in [0.4, 0.5) is 5.13 Å². The van der Waals surface area contributed by atoms with Crippen molar-refractivity contribution in [2.24, 2.45) is 5.16 Å². The molecule has 2 amide bonds. The molecule has 1 fully saturated rings. The van der Waals surface area contributed by atoms with E-state index >= 15 is 0 Å². The van der Waals surface area contributed by atoms with Crippen molar-refractivity contribution >= 4 is 50.3 Å². The van der Waals surface area contributed by atoms with Gasteiger partial charge >= 0.3 is 16.3 Å². The van der Waals surface area contributed by atoms with E-state index in [9.17, 15) is 42.4 Å². The molecule has 7 N–H and O–H groups in total. The highest BCUT2D eigenvalue weighted by molar-refractivity contribution is 7.84. The van der Waals surface area contributed by atoms with Crippen LogP contribution in [0.3, 0.4) is 0 Å². The van der Waals surface area contributed by atoms with Gasteiger partial charge in [0, 0.05) is 17.6 Å². The predicted molar refractivity (Wildman–Crippen MR) is 138 cm³/mol. The summed E-state index contributed by atoms with van der Waals surface area (Å²) in [6.45, 7) is 1.92. The van der Waals surface area contributed by atoms with Crippen LogP contribution >= 0.6 is 11.3 Å². The van der Waals surface area contributed by atoms with Crippen LogP contribution in [0, 0.1) is 0 Å². The molecule has 3 aromatic rings. The average Bonchev–Trinajstić information content (AvgIpc) is 3.52. The number of aromatic nitrogens is 5. The standard InChI is InChI=1S/C20H21N9O10S2/c1-20(2,18(34)35)39-26-14(10-7-40-19(21)23-10)16(32)24-15-11(29(17(15)33)41(36,37)38)6-28-5-9(25-27-28)8-3-12(30)13(31)4-22-8/h3-5,7,11,15,31H,6H2,1-2H3,(H2,21,23)(H,22,30)(H,24,32)(H,34,35)(H,36,37,38)/t11-,15+/m1/s1. The predicted octanol–water partition coefficient (Wildman–Crippen LogP) is -1.84. The first-order valence-electron chi connectivity index (χ1n) is 11.2. The Balaban J connectivity index is 1.60. The first-order valence-corrected chi connectivity index (χ1v) is 13.5. The zero-order valence-corrected chi connectivity index (χ0v) is 22.6. The number of nitrogens with one attached hydrogen (secondary N) is 2. The molecule has 41 heavy (non-hydrogen) atoms. The summed E-state index contributed by atoms with van der Waals surface area (Å²) >= 11 is 0.929. The Kier molecular flexibility index (Phi) is 7.52. The van der Waals surface area contributed by atoms with Gasteiger partial charge in [-0.1, -0.05) is 10.4 Å². The third kappa shape index (κ3) is 6.00. The largest absolute Gasteiger partial charge is 0.503 e. The number of nitrogen functional groups attached to an aromatic ring is 1. The van der Waals surface area contributed by atoms with Crippen LogP contribution in [0.5, 0.6) is 5.75 Å². The third-order valence-corrected chi connectivity index (χ3v) is 7.27. The summed E-state index contributed by atoms with van der Waals surface area (Å²) in [5.74, 6) is -4.23. The maximum absolute atomic E-state index is 13.2. The second kappa shape index (κ2) is 10.6. The molecule has 4 rings (SSSR count). The van der Waals surface area contributed by atoms with E-state index in [-0.39, 0.29) is 26.5 Å². The number of aromatic amines is 1. The molecule has 21 heteroatoms. The molecule has 1 aliphatic heterocycles. The van der Waals surface area contributed by atoms with Gasteiger partial charge in [0.15, 0.2) is 16.6 Å². The maximum Gasteiger partial charge on any atom is 0.362 e. The van der Waals surface area contributed by atoms with Gasteiger partial charge < -0.3 is 31.1 Å². The van der Waals surface area contributed by atoms with Crippen molar-refractivity contribution in [3.05, 3.63) is 39.8 Å². The fraction of sp³-hybridized carbons (Fsp3) is 0.300. The summed E-state index contributed by atoms with van der Waals surface area (Å²) < 4.78 is 34.6. The van der Waals surface area contributed by atoms with Gasteiger partial charge in [-0.05, 0) is 13.8 Å². The van der Waals surface area contributed by atoms with Crippen molar-refractivity contribution in [3.63, 3.8) is 0 Å². The number of anilines is 1. The van der Waals surface area contributed by atoms with Crippen LogP contribution in [0.15, 0.2) is 33.8 Å². The molecule has 2 atom stereocenters. The van der Waals surface area contributed by atoms with Crippen LogP contribution in [-0.2, 0) is 36.1 Å². The van der Waals surface area contributed by atoms with Crippen molar-refractivity contribution in [2.45, 2.75) is 38.1 Å². The van der Waals surface area contributed by atoms with E-state index in [1.54, 1.807) is 0 Å². The third-order valence-electron chi connectivity index (χ3n) is 5.65. The Labute approximate surface area is 233 Å². The molecule has 1 saturated heterocycles. The number of nitrogens with zero attached hydrogens (tertiary/aromatic N) is 6. The zero-order chi connectivity index (χ0) is 30.3. The number of rotatable bonds is 10. The summed E-state index contributed by atoms with van der Waals surface area (Å²) in [7, 11) is -5.07. The van der Waals surface area contributed by atoms with Gasteiger partial charge in [-0.2, -0.15) is 8.42 Å². The normalized spacial score (nSPS) is 17.7. The minimum Gasteiger partial charge on any atom is -0.503 e. The minimum absolute atomic E-state index is 0.0325. The van der Waals surface area contributed by atoms with Crippen LogP contribution in [0.2, 0.25) is 0 Å². The number of carboxylic acid groups (broad SMARTS) is 1. The topological polar surface area (TPSA) is 285 Å². The molecule has 218 valence electrons. The number of thiazole rings is 1. The first kappa shape index (κ1) is 29.1. The number of oxime groups is 1. The summed E-state index contributed by atoms with van der Waals surface area (Å²) in [6, 6.07) is -1.91. The van der Waals surface area contributed by atoms with E-state index in [2.05, 4.69) is 30.8 Å². The van der Waals surface area contributed by atoms with E-state index in [0.717, 1.165) is 28.3 Å². The quantitative estimate of drug-likeness (QED) is 0.0636. The van der Waals surface area contributed by atoms with Crippen LogP contribution in [0.1, 0.15) is 19.5 Å². The second-order valence-corrected chi connectivity index (χ2v) is 11.1. The van der Waals surface area contributed by atoms with E-state index in [4.69, 9.17) is 10.6 Å². The number of nitrogens with two attached hydrogens (primary N) is 1. The highest BCUT2D eigenvalue weighted by Gasteiger charge is 2.54. The van der Waals surface area contributed by atoms with Gasteiger partial charge in [0.25, 0.3) is 11.8 Å². The molecule has 0 bridgehead atoms. The van der Waals surface area contributed by atoms with E-state index in [1.165, 1.54) is 25.4 Å². The Bertz CT molecular complexity index is 1730. The monoisotopic (exact) mass is 611 g/mol.